The van der Waals surface area contributed by atoms with Crippen LogP contribution in [0, 0.1) is 0 Å². The standard InChI is InChI=1S/C14H18N4/c15-11-4-2-1-3-10(11)5-6-14-17-12-7-8-16-9-13(12)18-14/h1-4,16H,5-9,15H2,(H,17,18). The van der Waals surface area contributed by atoms with E-state index in [-0.39, 0.29) is 0 Å². The molecule has 0 bridgehead atoms. The minimum Gasteiger partial charge on any atom is -0.399 e. The van der Waals surface area contributed by atoms with Crippen LogP contribution in [-0.2, 0) is 25.8 Å². The van der Waals surface area contributed by atoms with Gasteiger partial charge in [-0.25, -0.2) is 4.98 Å². The quantitative estimate of drug-likeness (QED) is 0.713. The lowest BCUT2D eigenvalue weighted by Gasteiger charge is -2.09. The molecule has 0 radical (unpaired) electrons. The number of imidazole rings is 1. The molecule has 0 unspecified atom stereocenters. The number of fused-ring (bicyclic) bond motifs is 1. The highest BCUT2D eigenvalue weighted by atomic mass is 15.0. The Labute approximate surface area is 107 Å². The minimum atomic E-state index is 0.871. The van der Waals surface area contributed by atoms with Crippen molar-refractivity contribution in [2.45, 2.75) is 25.8 Å². The van der Waals surface area contributed by atoms with E-state index in [1.54, 1.807) is 0 Å². The molecule has 0 spiro atoms. The Morgan fingerprint density at radius 2 is 2.11 bits per heavy atom. The summed E-state index contributed by atoms with van der Waals surface area (Å²) in [5.41, 5.74) is 10.5. The van der Waals surface area contributed by atoms with Crippen LogP contribution in [0.5, 0.6) is 0 Å². The van der Waals surface area contributed by atoms with Gasteiger partial charge in [-0.2, -0.15) is 0 Å². The Hall–Kier alpha value is -1.81. The lowest BCUT2D eigenvalue weighted by molar-refractivity contribution is 0.627. The second kappa shape index (κ2) is 4.82. The van der Waals surface area contributed by atoms with Gasteiger partial charge in [0.2, 0.25) is 0 Å². The molecule has 1 aromatic heterocycles. The van der Waals surface area contributed by atoms with E-state index in [1.807, 2.05) is 18.2 Å². The summed E-state index contributed by atoms with van der Waals surface area (Å²) in [5, 5.41) is 3.35. The lowest BCUT2D eigenvalue weighted by atomic mass is 10.1. The van der Waals surface area contributed by atoms with Crippen molar-refractivity contribution in [2.75, 3.05) is 12.3 Å². The molecule has 4 N–H and O–H groups in total. The fraction of sp³-hybridized carbons (Fsp3) is 0.357. The van der Waals surface area contributed by atoms with Gasteiger partial charge in [-0.3, -0.25) is 0 Å². The van der Waals surface area contributed by atoms with E-state index in [1.165, 1.54) is 17.0 Å². The highest BCUT2D eigenvalue weighted by molar-refractivity contribution is 5.46. The predicted octanol–water partition coefficient (Wildman–Crippen LogP) is 1.42. The van der Waals surface area contributed by atoms with Gasteiger partial charge in [-0.15, -0.1) is 0 Å². The number of rotatable bonds is 3. The monoisotopic (exact) mass is 242 g/mol. The van der Waals surface area contributed by atoms with Crippen LogP contribution in [0.15, 0.2) is 24.3 Å². The van der Waals surface area contributed by atoms with Crippen LogP contribution in [-0.4, -0.2) is 16.5 Å². The maximum absolute atomic E-state index is 5.94. The molecule has 0 fully saturated rings. The molecule has 18 heavy (non-hydrogen) atoms. The molecule has 2 heterocycles. The normalized spacial score (nSPS) is 14.4. The van der Waals surface area contributed by atoms with Gasteiger partial charge in [-0.05, 0) is 18.1 Å². The minimum absolute atomic E-state index is 0.871. The number of nitrogens with one attached hydrogen (secondary N) is 2. The summed E-state index contributed by atoms with van der Waals surface area (Å²) in [6.45, 7) is 1.94. The summed E-state index contributed by atoms with van der Waals surface area (Å²) < 4.78 is 0. The van der Waals surface area contributed by atoms with Gasteiger partial charge in [0.1, 0.15) is 5.82 Å². The fourth-order valence-electron chi connectivity index (χ4n) is 2.41. The zero-order valence-electron chi connectivity index (χ0n) is 10.4. The number of nitrogens with zero attached hydrogens (tertiary/aromatic N) is 1. The van der Waals surface area contributed by atoms with E-state index in [4.69, 9.17) is 5.73 Å². The first-order chi connectivity index (χ1) is 8.83. The van der Waals surface area contributed by atoms with Crippen LogP contribution in [0.1, 0.15) is 22.8 Å². The predicted molar refractivity (Wildman–Crippen MR) is 72.3 cm³/mol. The van der Waals surface area contributed by atoms with E-state index >= 15 is 0 Å². The number of benzene rings is 1. The van der Waals surface area contributed by atoms with Crippen LogP contribution in [0.2, 0.25) is 0 Å². The molecule has 1 aliphatic rings. The average molecular weight is 242 g/mol. The second-order valence-corrected chi connectivity index (χ2v) is 4.73. The molecular weight excluding hydrogens is 224 g/mol. The third kappa shape index (κ3) is 2.24. The zero-order chi connectivity index (χ0) is 12.4. The molecule has 0 saturated carbocycles. The number of aryl methyl sites for hydroxylation is 2. The molecule has 0 aliphatic carbocycles. The van der Waals surface area contributed by atoms with Crippen molar-refractivity contribution in [2.24, 2.45) is 0 Å². The zero-order valence-corrected chi connectivity index (χ0v) is 10.4. The van der Waals surface area contributed by atoms with Crippen molar-refractivity contribution in [1.82, 2.24) is 15.3 Å². The van der Waals surface area contributed by atoms with E-state index in [2.05, 4.69) is 21.4 Å². The van der Waals surface area contributed by atoms with Gasteiger partial charge in [-0.1, -0.05) is 18.2 Å². The summed E-state index contributed by atoms with van der Waals surface area (Å²) in [5.74, 6) is 1.08. The van der Waals surface area contributed by atoms with E-state index in [9.17, 15) is 0 Å². The maximum atomic E-state index is 5.94. The van der Waals surface area contributed by atoms with Crippen LogP contribution in [0.4, 0.5) is 5.69 Å². The van der Waals surface area contributed by atoms with E-state index in [0.29, 0.717) is 0 Å². The number of anilines is 1. The van der Waals surface area contributed by atoms with Crippen molar-refractivity contribution in [1.29, 1.82) is 0 Å². The maximum Gasteiger partial charge on any atom is 0.106 e. The summed E-state index contributed by atoms with van der Waals surface area (Å²) in [4.78, 5) is 8.07. The van der Waals surface area contributed by atoms with E-state index < -0.39 is 0 Å². The van der Waals surface area contributed by atoms with Gasteiger partial charge in [0.05, 0.1) is 11.4 Å². The summed E-state index contributed by atoms with van der Waals surface area (Å²) >= 11 is 0. The Bertz CT molecular complexity index is 521. The summed E-state index contributed by atoms with van der Waals surface area (Å²) in [6, 6.07) is 8.03. The summed E-state index contributed by atoms with van der Waals surface area (Å²) in [6.07, 6.45) is 2.88. The molecule has 0 saturated heterocycles. The topological polar surface area (TPSA) is 66.7 Å². The third-order valence-electron chi connectivity index (χ3n) is 3.44. The average Bonchev–Trinajstić information content (AvgIpc) is 2.80. The number of aromatic nitrogens is 2. The largest absolute Gasteiger partial charge is 0.399 e. The smallest absolute Gasteiger partial charge is 0.106 e. The molecule has 94 valence electrons. The third-order valence-corrected chi connectivity index (χ3v) is 3.44. The molecule has 4 nitrogen and oxygen atoms in total. The fourth-order valence-corrected chi connectivity index (χ4v) is 2.41. The number of hydrogen-bond acceptors (Lipinski definition) is 3. The molecule has 4 heteroatoms. The highest BCUT2D eigenvalue weighted by Crippen LogP contribution is 2.15. The molecule has 3 rings (SSSR count). The lowest BCUT2D eigenvalue weighted by Crippen LogP contribution is -2.23. The van der Waals surface area contributed by atoms with Crippen LogP contribution in [0.3, 0.4) is 0 Å². The Balaban J connectivity index is 1.70. The van der Waals surface area contributed by atoms with Gasteiger partial charge in [0.15, 0.2) is 0 Å². The Kier molecular flexibility index (Phi) is 3.02. The molecule has 1 aliphatic heterocycles. The van der Waals surface area contributed by atoms with Crippen molar-refractivity contribution in [3.8, 4) is 0 Å². The van der Waals surface area contributed by atoms with Gasteiger partial charge in [0.25, 0.3) is 0 Å². The van der Waals surface area contributed by atoms with Crippen LogP contribution >= 0.6 is 0 Å². The number of H-pyrrole nitrogens is 1. The molecule has 0 amide bonds. The first kappa shape index (κ1) is 11.3. The molecule has 1 aromatic carbocycles. The Morgan fingerprint density at radius 3 is 2.94 bits per heavy atom. The number of para-hydroxylation sites is 1. The second-order valence-electron chi connectivity index (χ2n) is 4.73. The summed E-state index contributed by atoms with van der Waals surface area (Å²) in [7, 11) is 0. The number of aromatic amines is 1. The van der Waals surface area contributed by atoms with Crippen molar-refractivity contribution < 1.29 is 0 Å². The van der Waals surface area contributed by atoms with Gasteiger partial charge < -0.3 is 16.0 Å². The van der Waals surface area contributed by atoms with Gasteiger partial charge >= 0.3 is 0 Å². The Morgan fingerprint density at radius 1 is 1.22 bits per heavy atom. The number of nitrogens with two attached hydrogens (primary N) is 1. The first-order valence-electron chi connectivity index (χ1n) is 6.43. The van der Waals surface area contributed by atoms with Crippen molar-refractivity contribution in [3.63, 3.8) is 0 Å². The first-order valence-corrected chi connectivity index (χ1v) is 6.43. The van der Waals surface area contributed by atoms with E-state index in [0.717, 1.165) is 43.9 Å². The molecule has 0 atom stereocenters. The molecule has 2 aromatic rings. The number of nitrogen functional groups attached to an aromatic ring is 1. The van der Waals surface area contributed by atoms with Crippen LogP contribution in [0.25, 0.3) is 0 Å². The molecular formula is C14H18N4. The van der Waals surface area contributed by atoms with Crippen molar-refractivity contribution >= 4 is 5.69 Å². The van der Waals surface area contributed by atoms with Crippen LogP contribution < -0.4 is 11.1 Å². The number of hydrogen-bond donors (Lipinski definition) is 3. The van der Waals surface area contributed by atoms with Crippen molar-refractivity contribution in [3.05, 3.63) is 47.0 Å². The van der Waals surface area contributed by atoms with Gasteiger partial charge in [0, 0.05) is 31.6 Å². The SMILES string of the molecule is Nc1ccccc1CCc1nc2c([nH]1)CNCC2. The highest BCUT2D eigenvalue weighted by Gasteiger charge is 2.13.